The summed E-state index contributed by atoms with van der Waals surface area (Å²) in [5, 5.41) is 0. The first-order chi connectivity index (χ1) is 8.59. The fourth-order valence-corrected chi connectivity index (χ4v) is 1.91. The molecular formula is C15H19N3. The van der Waals surface area contributed by atoms with Crippen molar-refractivity contribution in [2.45, 2.75) is 13.0 Å². The molecule has 0 saturated heterocycles. The summed E-state index contributed by atoms with van der Waals surface area (Å²) in [5.74, 6) is 0. The van der Waals surface area contributed by atoms with E-state index in [1.54, 1.807) is 6.20 Å². The van der Waals surface area contributed by atoms with Gasteiger partial charge in [0.1, 0.15) is 0 Å². The van der Waals surface area contributed by atoms with Crippen molar-refractivity contribution in [1.29, 1.82) is 0 Å². The molecule has 0 aliphatic heterocycles. The molecule has 2 N–H and O–H groups in total. The Hall–Kier alpha value is -1.87. The van der Waals surface area contributed by atoms with Crippen LogP contribution in [-0.4, -0.2) is 24.0 Å². The molecule has 0 saturated carbocycles. The highest BCUT2D eigenvalue weighted by atomic mass is 15.1. The molecule has 0 fully saturated rings. The quantitative estimate of drug-likeness (QED) is 0.898. The summed E-state index contributed by atoms with van der Waals surface area (Å²) >= 11 is 0. The van der Waals surface area contributed by atoms with Crippen LogP contribution in [0.25, 0.3) is 11.1 Å². The third kappa shape index (κ3) is 2.51. The summed E-state index contributed by atoms with van der Waals surface area (Å²) in [5.41, 5.74) is 10.1. The number of anilines is 1. The van der Waals surface area contributed by atoms with Gasteiger partial charge in [-0.25, -0.2) is 0 Å². The molecule has 1 aromatic heterocycles. The molecule has 0 aliphatic rings. The normalized spacial score (nSPS) is 12.7. The van der Waals surface area contributed by atoms with Gasteiger partial charge >= 0.3 is 0 Å². The van der Waals surface area contributed by atoms with Crippen molar-refractivity contribution in [3.63, 3.8) is 0 Å². The summed E-state index contributed by atoms with van der Waals surface area (Å²) in [6, 6.07) is 10.7. The first-order valence-electron chi connectivity index (χ1n) is 6.06. The maximum atomic E-state index is 5.99. The van der Waals surface area contributed by atoms with E-state index in [4.69, 9.17) is 5.73 Å². The highest BCUT2D eigenvalue weighted by Gasteiger charge is 2.09. The second kappa shape index (κ2) is 5.19. The number of rotatable bonds is 3. The van der Waals surface area contributed by atoms with Gasteiger partial charge in [-0.3, -0.25) is 4.98 Å². The predicted molar refractivity (Wildman–Crippen MR) is 76.2 cm³/mol. The van der Waals surface area contributed by atoms with Gasteiger partial charge in [0, 0.05) is 29.7 Å². The van der Waals surface area contributed by atoms with Crippen LogP contribution < -0.4 is 5.73 Å². The number of benzene rings is 1. The van der Waals surface area contributed by atoms with E-state index in [-0.39, 0.29) is 0 Å². The molecule has 0 aliphatic carbocycles. The van der Waals surface area contributed by atoms with Gasteiger partial charge in [0.15, 0.2) is 0 Å². The lowest BCUT2D eigenvalue weighted by Crippen LogP contribution is -2.16. The molecule has 0 radical (unpaired) electrons. The summed E-state index contributed by atoms with van der Waals surface area (Å²) in [6.45, 7) is 2.19. The minimum atomic E-state index is 0.378. The monoisotopic (exact) mass is 241 g/mol. The number of hydrogen-bond acceptors (Lipinski definition) is 3. The van der Waals surface area contributed by atoms with Crippen LogP contribution >= 0.6 is 0 Å². The zero-order valence-electron chi connectivity index (χ0n) is 11.1. The maximum Gasteiger partial charge on any atom is 0.0424 e. The largest absolute Gasteiger partial charge is 0.398 e. The number of nitrogen functional groups attached to an aromatic ring is 1. The molecule has 3 heteroatoms. The van der Waals surface area contributed by atoms with Crippen LogP contribution in [0.5, 0.6) is 0 Å². The third-order valence-electron chi connectivity index (χ3n) is 3.31. The van der Waals surface area contributed by atoms with Gasteiger partial charge in [0.2, 0.25) is 0 Å². The van der Waals surface area contributed by atoms with E-state index in [0.29, 0.717) is 6.04 Å². The SMILES string of the molecule is CC(c1cccc(-c2cnccc2N)c1)N(C)C. The molecule has 1 unspecified atom stereocenters. The zero-order valence-corrected chi connectivity index (χ0v) is 11.1. The fourth-order valence-electron chi connectivity index (χ4n) is 1.91. The Morgan fingerprint density at radius 3 is 2.67 bits per heavy atom. The third-order valence-corrected chi connectivity index (χ3v) is 3.31. The molecule has 3 nitrogen and oxygen atoms in total. The lowest BCUT2D eigenvalue weighted by atomic mass is 10.00. The van der Waals surface area contributed by atoms with E-state index in [0.717, 1.165) is 16.8 Å². The van der Waals surface area contributed by atoms with E-state index >= 15 is 0 Å². The van der Waals surface area contributed by atoms with Crippen molar-refractivity contribution in [1.82, 2.24) is 9.88 Å². The Morgan fingerprint density at radius 2 is 2.00 bits per heavy atom. The highest BCUT2D eigenvalue weighted by Crippen LogP contribution is 2.27. The molecule has 1 aromatic carbocycles. The molecule has 94 valence electrons. The highest BCUT2D eigenvalue weighted by molar-refractivity contribution is 5.75. The molecule has 18 heavy (non-hydrogen) atoms. The van der Waals surface area contributed by atoms with Crippen molar-refractivity contribution in [3.8, 4) is 11.1 Å². The van der Waals surface area contributed by atoms with Crippen molar-refractivity contribution < 1.29 is 0 Å². The Balaban J connectivity index is 2.42. The van der Waals surface area contributed by atoms with Crippen molar-refractivity contribution >= 4 is 5.69 Å². The van der Waals surface area contributed by atoms with Crippen LogP contribution in [0.4, 0.5) is 5.69 Å². The smallest absolute Gasteiger partial charge is 0.0424 e. The number of pyridine rings is 1. The molecule has 1 atom stereocenters. The standard InChI is InChI=1S/C15H19N3/c1-11(18(2)3)12-5-4-6-13(9-12)14-10-17-8-7-15(14)16/h4-11H,1-3H3,(H2,16,17). The van der Waals surface area contributed by atoms with Crippen molar-refractivity contribution in [2.75, 3.05) is 19.8 Å². The average Bonchev–Trinajstić information content (AvgIpc) is 2.38. The van der Waals surface area contributed by atoms with Crippen LogP contribution in [0.3, 0.4) is 0 Å². The van der Waals surface area contributed by atoms with Gasteiger partial charge in [0.25, 0.3) is 0 Å². The molecule has 2 rings (SSSR count). The molecular weight excluding hydrogens is 222 g/mol. The first-order valence-corrected chi connectivity index (χ1v) is 6.06. The number of aromatic nitrogens is 1. The van der Waals surface area contributed by atoms with E-state index < -0.39 is 0 Å². The van der Waals surface area contributed by atoms with E-state index in [1.807, 2.05) is 12.3 Å². The number of nitrogens with two attached hydrogens (primary N) is 1. The fraction of sp³-hybridized carbons (Fsp3) is 0.267. The Bertz CT molecular complexity index is 535. The van der Waals surface area contributed by atoms with Crippen molar-refractivity contribution in [3.05, 3.63) is 48.3 Å². The van der Waals surface area contributed by atoms with E-state index in [9.17, 15) is 0 Å². The summed E-state index contributed by atoms with van der Waals surface area (Å²) < 4.78 is 0. The van der Waals surface area contributed by atoms with Crippen LogP contribution in [0.15, 0.2) is 42.7 Å². The van der Waals surface area contributed by atoms with Gasteiger partial charge in [-0.05, 0) is 44.3 Å². The molecule has 0 spiro atoms. The summed E-state index contributed by atoms with van der Waals surface area (Å²) in [4.78, 5) is 6.33. The minimum Gasteiger partial charge on any atom is -0.398 e. The average molecular weight is 241 g/mol. The van der Waals surface area contributed by atoms with E-state index in [1.165, 1.54) is 5.56 Å². The molecule has 0 bridgehead atoms. The van der Waals surface area contributed by atoms with Crippen LogP contribution in [0.2, 0.25) is 0 Å². The maximum absolute atomic E-state index is 5.99. The van der Waals surface area contributed by atoms with Crippen LogP contribution in [-0.2, 0) is 0 Å². The zero-order chi connectivity index (χ0) is 13.1. The van der Waals surface area contributed by atoms with Gasteiger partial charge in [-0.2, -0.15) is 0 Å². The summed E-state index contributed by atoms with van der Waals surface area (Å²) in [7, 11) is 4.16. The van der Waals surface area contributed by atoms with Crippen molar-refractivity contribution in [2.24, 2.45) is 0 Å². The Morgan fingerprint density at radius 1 is 1.22 bits per heavy atom. The Kier molecular flexibility index (Phi) is 3.63. The van der Waals surface area contributed by atoms with Crippen LogP contribution in [0, 0.1) is 0 Å². The first kappa shape index (κ1) is 12.6. The molecule has 2 aromatic rings. The second-order valence-corrected chi connectivity index (χ2v) is 4.73. The van der Waals surface area contributed by atoms with E-state index in [2.05, 4.69) is 55.2 Å². The van der Waals surface area contributed by atoms with Gasteiger partial charge in [-0.1, -0.05) is 18.2 Å². The van der Waals surface area contributed by atoms with Crippen LogP contribution in [0.1, 0.15) is 18.5 Å². The molecule has 0 amide bonds. The summed E-state index contributed by atoms with van der Waals surface area (Å²) in [6.07, 6.45) is 3.53. The second-order valence-electron chi connectivity index (χ2n) is 4.73. The molecule has 1 heterocycles. The van der Waals surface area contributed by atoms with Gasteiger partial charge in [-0.15, -0.1) is 0 Å². The predicted octanol–water partition coefficient (Wildman–Crippen LogP) is 2.95. The lowest BCUT2D eigenvalue weighted by Gasteiger charge is -2.20. The van der Waals surface area contributed by atoms with Gasteiger partial charge in [0.05, 0.1) is 0 Å². The number of nitrogens with zero attached hydrogens (tertiary/aromatic N) is 2. The Labute approximate surface area is 108 Å². The number of hydrogen-bond donors (Lipinski definition) is 1. The lowest BCUT2D eigenvalue weighted by molar-refractivity contribution is 0.321. The topological polar surface area (TPSA) is 42.1 Å². The van der Waals surface area contributed by atoms with Gasteiger partial charge < -0.3 is 10.6 Å². The minimum absolute atomic E-state index is 0.378.